The van der Waals surface area contributed by atoms with Crippen LogP contribution in [0.1, 0.15) is 37.4 Å². The Morgan fingerprint density at radius 3 is 2.82 bits per heavy atom. The van der Waals surface area contributed by atoms with E-state index in [1.165, 1.54) is 0 Å². The molecular weight excluding hydrogens is 259 g/mol. The lowest BCUT2D eigenvalue weighted by Crippen LogP contribution is -2.07. The molecule has 94 valence electrons. The number of halogens is 2. The van der Waals surface area contributed by atoms with Crippen molar-refractivity contribution < 1.29 is 9.84 Å². The molecule has 1 aliphatic heterocycles. The zero-order valence-corrected chi connectivity index (χ0v) is 11.0. The van der Waals surface area contributed by atoms with Crippen LogP contribution in [0, 0.1) is 0 Å². The molecule has 1 fully saturated rings. The first-order valence-corrected chi connectivity index (χ1v) is 6.67. The fraction of sp³-hybridized carbons (Fsp3) is 0.538. The van der Waals surface area contributed by atoms with Crippen LogP contribution in [0.25, 0.3) is 0 Å². The van der Waals surface area contributed by atoms with Crippen molar-refractivity contribution in [2.45, 2.75) is 37.9 Å². The second-order valence-electron chi connectivity index (χ2n) is 4.40. The molecule has 0 amide bonds. The van der Waals surface area contributed by atoms with Gasteiger partial charge in [-0.25, -0.2) is 0 Å². The van der Waals surface area contributed by atoms with Crippen molar-refractivity contribution in [3.63, 3.8) is 0 Å². The van der Waals surface area contributed by atoms with E-state index < -0.39 is 6.10 Å². The van der Waals surface area contributed by atoms with E-state index in [-0.39, 0.29) is 0 Å². The van der Waals surface area contributed by atoms with Crippen molar-refractivity contribution in [1.29, 1.82) is 0 Å². The van der Waals surface area contributed by atoms with E-state index in [9.17, 15) is 5.11 Å². The zero-order valence-electron chi connectivity index (χ0n) is 9.53. The van der Waals surface area contributed by atoms with Gasteiger partial charge in [-0.3, -0.25) is 0 Å². The molecule has 0 bridgehead atoms. The number of hydrogen-bond acceptors (Lipinski definition) is 2. The van der Waals surface area contributed by atoms with Crippen LogP contribution in [0.3, 0.4) is 0 Å². The van der Waals surface area contributed by atoms with Gasteiger partial charge >= 0.3 is 0 Å². The summed E-state index contributed by atoms with van der Waals surface area (Å²) in [5.74, 6) is 0. The fourth-order valence-corrected chi connectivity index (χ4v) is 2.41. The molecule has 0 saturated carbocycles. The maximum absolute atomic E-state index is 10.0. The van der Waals surface area contributed by atoms with E-state index in [1.807, 2.05) is 6.07 Å². The lowest BCUT2D eigenvalue weighted by atomic mass is 10.0. The Morgan fingerprint density at radius 1 is 1.35 bits per heavy atom. The lowest BCUT2D eigenvalue weighted by Gasteiger charge is -2.14. The fourth-order valence-electron chi connectivity index (χ4n) is 2.10. The van der Waals surface area contributed by atoms with Crippen molar-refractivity contribution in [1.82, 2.24) is 0 Å². The molecule has 1 aromatic carbocycles. The molecule has 1 saturated heterocycles. The highest BCUT2D eigenvalue weighted by Gasteiger charge is 2.18. The van der Waals surface area contributed by atoms with Crippen molar-refractivity contribution in [3.8, 4) is 0 Å². The van der Waals surface area contributed by atoms with Gasteiger partial charge in [-0.05, 0) is 43.4 Å². The maximum atomic E-state index is 10.0. The van der Waals surface area contributed by atoms with Gasteiger partial charge in [0.2, 0.25) is 0 Å². The second kappa shape index (κ2) is 6.05. The Labute approximate surface area is 111 Å². The summed E-state index contributed by atoms with van der Waals surface area (Å²) in [5.41, 5.74) is 0.817. The van der Waals surface area contributed by atoms with Gasteiger partial charge in [-0.15, -0.1) is 0 Å². The molecule has 2 rings (SSSR count). The predicted molar refractivity (Wildman–Crippen MR) is 69.6 cm³/mol. The van der Waals surface area contributed by atoms with Gasteiger partial charge in [-0.2, -0.15) is 0 Å². The van der Waals surface area contributed by atoms with Crippen LogP contribution in [0.2, 0.25) is 10.0 Å². The van der Waals surface area contributed by atoms with Crippen LogP contribution in [-0.4, -0.2) is 17.8 Å². The summed E-state index contributed by atoms with van der Waals surface area (Å²) >= 11 is 11.7. The summed E-state index contributed by atoms with van der Waals surface area (Å²) in [5, 5.41) is 11.0. The third kappa shape index (κ3) is 3.59. The van der Waals surface area contributed by atoms with E-state index in [0.717, 1.165) is 31.4 Å². The Kier molecular flexibility index (Phi) is 4.69. The van der Waals surface area contributed by atoms with Crippen molar-refractivity contribution in [3.05, 3.63) is 33.8 Å². The van der Waals surface area contributed by atoms with Crippen molar-refractivity contribution in [2.24, 2.45) is 0 Å². The number of hydrogen-bond donors (Lipinski definition) is 1. The van der Waals surface area contributed by atoms with E-state index in [2.05, 4.69) is 0 Å². The Balaban J connectivity index is 1.89. The number of benzene rings is 1. The quantitative estimate of drug-likeness (QED) is 0.900. The van der Waals surface area contributed by atoms with E-state index in [1.54, 1.807) is 12.1 Å². The number of ether oxygens (including phenoxy) is 1. The normalized spacial score (nSPS) is 21.7. The Bertz CT molecular complexity index is 376. The molecule has 1 N–H and O–H groups in total. The largest absolute Gasteiger partial charge is 0.388 e. The van der Waals surface area contributed by atoms with Crippen LogP contribution < -0.4 is 0 Å². The Morgan fingerprint density at radius 2 is 2.18 bits per heavy atom. The molecule has 1 aromatic rings. The van der Waals surface area contributed by atoms with Gasteiger partial charge in [0.15, 0.2) is 0 Å². The highest BCUT2D eigenvalue weighted by molar-refractivity contribution is 6.42. The minimum absolute atomic E-state index is 0.312. The average Bonchev–Trinajstić information content (AvgIpc) is 2.82. The van der Waals surface area contributed by atoms with Gasteiger partial charge in [0.05, 0.1) is 22.3 Å². The van der Waals surface area contributed by atoms with Gasteiger partial charge in [-0.1, -0.05) is 29.3 Å². The molecule has 1 heterocycles. The molecule has 2 unspecified atom stereocenters. The first-order valence-electron chi connectivity index (χ1n) is 5.91. The first-order chi connectivity index (χ1) is 8.16. The highest BCUT2D eigenvalue weighted by atomic mass is 35.5. The summed E-state index contributed by atoms with van der Waals surface area (Å²) in [6.45, 7) is 0.855. The van der Waals surface area contributed by atoms with Crippen molar-refractivity contribution >= 4 is 23.2 Å². The third-order valence-corrected chi connectivity index (χ3v) is 3.85. The number of aliphatic hydroxyl groups excluding tert-OH is 1. The summed E-state index contributed by atoms with van der Waals surface area (Å²) in [4.78, 5) is 0. The van der Waals surface area contributed by atoms with E-state index >= 15 is 0 Å². The summed E-state index contributed by atoms with van der Waals surface area (Å²) in [6.07, 6.45) is 3.65. The molecule has 0 radical (unpaired) electrons. The van der Waals surface area contributed by atoms with E-state index in [4.69, 9.17) is 27.9 Å². The average molecular weight is 275 g/mol. The van der Waals surface area contributed by atoms with Gasteiger partial charge < -0.3 is 9.84 Å². The molecule has 0 aliphatic carbocycles. The lowest BCUT2D eigenvalue weighted by molar-refractivity contribution is 0.0812. The third-order valence-electron chi connectivity index (χ3n) is 3.11. The molecule has 17 heavy (non-hydrogen) atoms. The molecule has 1 aliphatic rings. The first kappa shape index (κ1) is 13.2. The standard InChI is InChI=1S/C13H16Cl2O2/c14-11-5-3-9(8-12(11)15)13(16)6-4-10-2-1-7-17-10/h3,5,8,10,13,16H,1-2,4,6-7H2. The summed E-state index contributed by atoms with van der Waals surface area (Å²) in [6, 6.07) is 5.26. The molecule has 2 atom stereocenters. The minimum Gasteiger partial charge on any atom is -0.388 e. The topological polar surface area (TPSA) is 29.5 Å². The second-order valence-corrected chi connectivity index (χ2v) is 5.22. The van der Waals surface area contributed by atoms with Gasteiger partial charge in [0, 0.05) is 6.61 Å². The Hall–Kier alpha value is -0.280. The molecule has 2 nitrogen and oxygen atoms in total. The van der Waals surface area contributed by atoms with Gasteiger partial charge in [0.25, 0.3) is 0 Å². The molecular formula is C13H16Cl2O2. The SMILES string of the molecule is OC(CCC1CCCO1)c1ccc(Cl)c(Cl)c1. The molecule has 4 heteroatoms. The van der Waals surface area contributed by atoms with E-state index in [0.29, 0.717) is 22.6 Å². The van der Waals surface area contributed by atoms with Crippen LogP contribution >= 0.6 is 23.2 Å². The zero-order chi connectivity index (χ0) is 12.3. The van der Waals surface area contributed by atoms with Crippen LogP contribution in [0.5, 0.6) is 0 Å². The number of rotatable bonds is 4. The van der Waals surface area contributed by atoms with Crippen LogP contribution in [0.4, 0.5) is 0 Å². The number of aliphatic hydroxyl groups is 1. The highest BCUT2D eigenvalue weighted by Crippen LogP contribution is 2.28. The summed E-state index contributed by atoms with van der Waals surface area (Å²) < 4.78 is 5.52. The smallest absolute Gasteiger partial charge is 0.0791 e. The summed E-state index contributed by atoms with van der Waals surface area (Å²) in [7, 11) is 0. The minimum atomic E-state index is -0.492. The maximum Gasteiger partial charge on any atom is 0.0791 e. The predicted octanol–water partition coefficient (Wildman–Crippen LogP) is 3.99. The molecule has 0 spiro atoms. The van der Waals surface area contributed by atoms with Crippen LogP contribution in [0.15, 0.2) is 18.2 Å². The van der Waals surface area contributed by atoms with Crippen LogP contribution in [-0.2, 0) is 4.74 Å². The molecule has 0 aromatic heterocycles. The monoisotopic (exact) mass is 274 g/mol. The van der Waals surface area contributed by atoms with Crippen molar-refractivity contribution in [2.75, 3.05) is 6.61 Å². The van der Waals surface area contributed by atoms with Gasteiger partial charge in [0.1, 0.15) is 0 Å².